The molecule has 0 aliphatic carbocycles. The second-order valence-corrected chi connectivity index (χ2v) is 3.46. The van der Waals surface area contributed by atoms with Crippen molar-refractivity contribution in [3.05, 3.63) is 29.3 Å². The summed E-state index contributed by atoms with van der Waals surface area (Å²) < 4.78 is 5.11. The predicted molar refractivity (Wildman–Crippen MR) is 63.5 cm³/mol. The topological polar surface area (TPSA) is 96.9 Å². The van der Waals surface area contributed by atoms with Gasteiger partial charge < -0.3 is 21.0 Å². The van der Waals surface area contributed by atoms with Crippen molar-refractivity contribution in [2.24, 2.45) is 10.9 Å². The molecule has 0 saturated carbocycles. The molecule has 1 aromatic rings. The van der Waals surface area contributed by atoms with Gasteiger partial charge in [0.05, 0.1) is 13.7 Å². The number of aryl methyl sites for hydroxylation is 1. The van der Waals surface area contributed by atoms with Crippen LogP contribution in [0.15, 0.2) is 23.4 Å². The van der Waals surface area contributed by atoms with Crippen LogP contribution >= 0.6 is 0 Å². The van der Waals surface area contributed by atoms with Crippen LogP contribution in [0.2, 0.25) is 0 Å². The number of oxime groups is 1. The maximum absolute atomic E-state index is 11.7. The molecule has 6 nitrogen and oxygen atoms in total. The number of methoxy groups -OCH3 is 1. The minimum atomic E-state index is -0.310. The molecule has 1 rings (SSSR count). The minimum Gasteiger partial charge on any atom is -0.496 e. The van der Waals surface area contributed by atoms with Crippen molar-refractivity contribution in [1.82, 2.24) is 5.32 Å². The predicted octanol–water partition coefficient (Wildman–Crippen LogP) is 0.480. The number of amides is 1. The summed E-state index contributed by atoms with van der Waals surface area (Å²) in [5, 5.41) is 13.6. The van der Waals surface area contributed by atoms with E-state index in [2.05, 4.69) is 10.5 Å². The number of nitrogens with two attached hydrogens (primary N) is 1. The molecule has 0 fully saturated rings. The first-order chi connectivity index (χ1) is 8.08. The average molecular weight is 237 g/mol. The lowest BCUT2D eigenvalue weighted by Crippen LogP contribution is -2.33. The van der Waals surface area contributed by atoms with Gasteiger partial charge in [0.2, 0.25) is 0 Å². The molecular formula is C11H15N3O3. The summed E-state index contributed by atoms with van der Waals surface area (Å²) in [6.07, 6.45) is 0. The Bertz CT molecular complexity index is 444. The summed E-state index contributed by atoms with van der Waals surface area (Å²) in [6.45, 7) is 1.88. The van der Waals surface area contributed by atoms with Crippen LogP contribution in [0.3, 0.4) is 0 Å². The molecule has 4 N–H and O–H groups in total. The summed E-state index contributed by atoms with van der Waals surface area (Å²) in [5.41, 5.74) is 6.64. The lowest BCUT2D eigenvalue weighted by atomic mass is 10.1. The number of benzene rings is 1. The van der Waals surface area contributed by atoms with Gasteiger partial charge in [0.25, 0.3) is 5.91 Å². The molecule has 92 valence electrons. The number of amidine groups is 1. The second-order valence-electron chi connectivity index (χ2n) is 3.46. The molecule has 0 atom stereocenters. The van der Waals surface area contributed by atoms with Gasteiger partial charge in [0.1, 0.15) is 5.75 Å². The van der Waals surface area contributed by atoms with E-state index in [0.717, 1.165) is 5.56 Å². The third-order valence-corrected chi connectivity index (χ3v) is 2.23. The zero-order valence-corrected chi connectivity index (χ0v) is 9.73. The van der Waals surface area contributed by atoms with Gasteiger partial charge >= 0.3 is 0 Å². The van der Waals surface area contributed by atoms with Gasteiger partial charge in [-0.3, -0.25) is 4.79 Å². The summed E-state index contributed by atoms with van der Waals surface area (Å²) in [7, 11) is 1.54. The first kappa shape index (κ1) is 12.8. The molecule has 0 unspecified atom stereocenters. The SMILES string of the molecule is COc1cc(C(=O)NC/C(N)=N/O)ccc1C. The van der Waals surface area contributed by atoms with E-state index in [0.29, 0.717) is 11.3 Å². The van der Waals surface area contributed by atoms with Crippen molar-refractivity contribution in [2.45, 2.75) is 6.92 Å². The van der Waals surface area contributed by atoms with Crippen molar-refractivity contribution >= 4 is 11.7 Å². The lowest BCUT2D eigenvalue weighted by molar-refractivity contribution is 0.0958. The van der Waals surface area contributed by atoms with E-state index in [4.69, 9.17) is 15.7 Å². The van der Waals surface area contributed by atoms with E-state index in [1.165, 1.54) is 0 Å². The van der Waals surface area contributed by atoms with Gasteiger partial charge in [-0.05, 0) is 24.6 Å². The van der Waals surface area contributed by atoms with E-state index < -0.39 is 0 Å². The fourth-order valence-electron chi connectivity index (χ4n) is 1.27. The third kappa shape index (κ3) is 3.37. The molecule has 0 saturated heterocycles. The highest BCUT2D eigenvalue weighted by molar-refractivity contribution is 5.97. The van der Waals surface area contributed by atoms with Crippen LogP contribution in [0, 0.1) is 6.92 Å². The van der Waals surface area contributed by atoms with E-state index >= 15 is 0 Å². The Hall–Kier alpha value is -2.24. The first-order valence-corrected chi connectivity index (χ1v) is 4.97. The molecule has 1 aromatic carbocycles. The van der Waals surface area contributed by atoms with Crippen molar-refractivity contribution in [1.29, 1.82) is 0 Å². The van der Waals surface area contributed by atoms with Crippen molar-refractivity contribution in [3.63, 3.8) is 0 Å². The van der Waals surface area contributed by atoms with Crippen LogP contribution in [0.5, 0.6) is 5.75 Å². The van der Waals surface area contributed by atoms with E-state index in [9.17, 15) is 4.79 Å². The largest absolute Gasteiger partial charge is 0.496 e. The number of rotatable bonds is 4. The molecule has 0 aliphatic rings. The van der Waals surface area contributed by atoms with Crippen molar-refractivity contribution in [3.8, 4) is 5.75 Å². The Balaban J connectivity index is 2.76. The molecule has 6 heteroatoms. The van der Waals surface area contributed by atoms with Gasteiger partial charge in [0, 0.05) is 5.56 Å². The number of carbonyl (C=O) groups is 1. The molecule has 0 heterocycles. The number of carbonyl (C=O) groups excluding carboxylic acids is 1. The normalized spacial score (nSPS) is 11.1. The molecule has 17 heavy (non-hydrogen) atoms. The highest BCUT2D eigenvalue weighted by atomic mass is 16.5. The Morgan fingerprint density at radius 2 is 2.29 bits per heavy atom. The fourth-order valence-corrected chi connectivity index (χ4v) is 1.27. The van der Waals surface area contributed by atoms with Gasteiger partial charge in [-0.1, -0.05) is 11.2 Å². The number of hydrogen-bond acceptors (Lipinski definition) is 4. The maximum atomic E-state index is 11.7. The van der Waals surface area contributed by atoms with E-state index in [1.807, 2.05) is 6.92 Å². The van der Waals surface area contributed by atoms with Crippen LogP contribution in [0.4, 0.5) is 0 Å². The quantitative estimate of drug-likeness (QED) is 0.307. The Morgan fingerprint density at radius 1 is 1.59 bits per heavy atom. The Morgan fingerprint density at radius 3 is 2.88 bits per heavy atom. The summed E-state index contributed by atoms with van der Waals surface area (Å²) >= 11 is 0. The zero-order chi connectivity index (χ0) is 12.8. The summed E-state index contributed by atoms with van der Waals surface area (Å²) in [6, 6.07) is 5.10. The molecular weight excluding hydrogens is 222 g/mol. The monoisotopic (exact) mass is 237 g/mol. The van der Waals surface area contributed by atoms with Gasteiger partial charge in [-0.15, -0.1) is 0 Å². The van der Waals surface area contributed by atoms with Crippen molar-refractivity contribution in [2.75, 3.05) is 13.7 Å². The molecule has 0 radical (unpaired) electrons. The van der Waals surface area contributed by atoms with Crippen LogP contribution in [-0.4, -0.2) is 30.6 Å². The van der Waals surface area contributed by atoms with Gasteiger partial charge in [0.15, 0.2) is 5.84 Å². The second kappa shape index (κ2) is 5.74. The highest BCUT2D eigenvalue weighted by Gasteiger charge is 2.08. The van der Waals surface area contributed by atoms with Crippen molar-refractivity contribution < 1.29 is 14.7 Å². The highest BCUT2D eigenvalue weighted by Crippen LogP contribution is 2.18. The van der Waals surface area contributed by atoms with E-state index in [1.54, 1.807) is 25.3 Å². The fraction of sp³-hybridized carbons (Fsp3) is 0.273. The standard InChI is InChI=1S/C11H15N3O3/c1-7-3-4-8(5-9(7)17-2)11(15)13-6-10(12)14-16/h3-5,16H,6H2,1-2H3,(H2,12,14)(H,13,15). The molecule has 0 aliphatic heterocycles. The smallest absolute Gasteiger partial charge is 0.251 e. The number of nitrogens with one attached hydrogen (secondary N) is 1. The summed E-state index contributed by atoms with van der Waals surface area (Å²) in [4.78, 5) is 11.7. The minimum absolute atomic E-state index is 0.00841. The van der Waals surface area contributed by atoms with Crippen LogP contribution < -0.4 is 15.8 Å². The van der Waals surface area contributed by atoms with Crippen LogP contribution in [0.25, 0.3) is 0 Å². The Kier molecular flexibility index (Phi) is 4.33. The van der Waals surface area contributed by atoms with Gasteiger partial charge in [-0.2, -0.15) is 0 Å². The maximum Gasteiger partial charge on any atom is 0.251 e. The number of ether oxygens (including phenoxy) is 1. The van der Waals surface area contributed by atoms with E-state index in [-0.39, 0.29) is 18.3 Å². The van der Waals surface area contributed by atoms with Crippen LogP contribution in [0.1, 0.15) is 15.9 Å². The lowest BCUT2D eigenvalue weighted by Gasteiger charge is -2.08. The number of nitrogens with zero attached hydrogens (tertiary/aromatic N) is 1. The summed E-state index contributed by atoms with van der Waals surface area (Å²) in [5.74, 6) is 0.272. The first-order valence-electron chi connectivity index (χ1n) is 4.97. The molecule has 0 spiro atoms. The van der Waals surface area contributed by atoms with Gasteiger partial charge in [-0.25, -0.2) is 0 Å². The Labute approximate surface area is 99.1 Å². The third-order valence-electron chi connectivity index (χ3n) is 2.23. The molecule has 1 amide bonds. The molecule has 0 aromatic heterocycles. The zero-order valence-electron chi connectivity index (χ0n) is 9.73. The number of hydrogen-bond donors (Lipinski definition) is 3. The average Bonchev–Trinajstić information content (AvgIpc) is 2.35. The van der Waals surface area contributed by atoms with Crippen LogP contribution in [-0.2, 0) is 0 Å². The molecule has 0 bridgehead atoms.